The lowest BCUT2D eigenvalue weighted by Crippen LogP contribution is -1.96. The van der Waals surface area contributed by atoms with Gasteiger partial charge in [-0.15, -0.1) is 0 Å². The van der Waals surface area contributed by atoms with Gasteiger partial charge in [0, 0.05) is 12.6 Å². The number of aromatic hydroxyl groups is 1. The van der Waals surface area contributed by atoms with E-state index in [1.165, 1.54) is 30.5 Å². The second-order valence-corrected chi connectivity index (χ2v) is 6.32. The van der Waals surface area contributed by atoms with Crippen molar-refractivity contribution in [3.8, 4) is 5.75 Å². The van der Waals surface area contributed by atoms with Crippen molar-refractivity contribution in [1.82, 2.24) is 0 Å². The zero-order chi connectivity index (χ0) is 15.0. The van der Waals surface area contributed by atoms with E-state index in [2.05, 4.69) is 24.3 Å². The first-order valence-corrected chi connectivity index (χ1v) is 8.14. The third-order valence-electron chi connectivity index (χ3n) is 2.80. The van der Waals surface area contributed by atoms with Gasteiger partial charge in [-0.3, -0.25) is 0 Å². The highest BCUT2D eigenvalue weighted by molar-refractivity contribution is 7.90. The van der Waals surface area contributed by atoms with Gasteiger partial charge >= 0.3 is 0 Å². The van der Waals surface area contributed by atoms with Crippen molar-refractivity contribution in [1.29, 1.82) is 0 Å². The van der Waals surface area contributed by atoms with Gasteiger partial charge in [-0.25, -0.2) is 0 Å². The molecule has 1 aromatic carbocycles. The highest BCUT2D eigenvalue weighted by atomic mass is 32.2. The second kappa shape index (κ2) is 7.85. The Morgan fingerprint density at radius 2 is 1.95 bits per heavy atom. The van der Waals surface area contributed by atoms with Crippen LogP contribution in [0.5, 0.6) is 5.75 Å². The minimum Gasteiger partial charge on any atom is -0.508 e. The Kier molecular flexibility index (Phi) is 6.45. The molecule has 1 N–H and O–H groups in total. The van der Waals surface area contributed by atoms with Crippen LogP contribution in [0.3, 0.4) is 0 Å². The molecule has 0 amide bonds. The van der Waals surface area contributed by atoms with Crippen LogP contribution in [-0.4, -0.2) is 19.7 Å². The van der Waals surface area contributed by atoms with Crippen LogP contribution in [0.15, 0.2) is 45.7 Å². The summed E-state index contributed by atoms with van der Waals surface area (Å²) >= 11 is 0. The Balaban J connectivity index is 2.58. The Morgan fingerprint density at radius 1 is 1.30 bits per heavy atom. The molecule has 0 aliphatic rings. The van der Waals surface area contributed by atoms with Crippen LogP contribution in [0.4, 0.5) is 0 Å². The number of allylic oxidation sites excluding steroid dienone is 2. The van der Waals surface area contributed by atoms with Gasteiger partial charge in [-0.1, -0.05) is 32.4 Å². The number of rotatable bonds is 7. The molecule has 1 atom stereocenters. The minimum atomic E-state index is -3.66. The van der Waals surface area contributed by atoms with Gasteiger partial charge in [0.15, 0.2) is 0 Å². The first-order chi connectivity index (χ1) is 9.45. The number of benzene rings is 1. The number of hydrogen-bond acceptors (Lipinski definition) is 3. The molecule has 0 saturated heterocycles. The molecule has 1 rings (SSSR count). The molecule has 20 heavy (non-hydrogen) atoms. The van der Waals surface area contributed by atoms with E-state index in [4.69, 9.17) is 5.11 Å². The molecule has 0 heterocycles. The Bertz CT molecular complexity index is 559. The minimum absolute atomic E-state index is 0.0285. The van der Waals surface area contributed by atoms with Gasteiger partial charge < -0.3 is 5.11 Å². The zero-order valence-corrected chi connectivity index (χ0v) is 12.7. The molecule has 110 valence electrons. The zero-order valence-electron chi connectivity index (χ0n) is 11.9. The third kappa shape index (κ3) is 5.57. The van der Waals surface area contributed by atoms with Crippen LogP contribution in [0, 0.1) is 5.92 Å². The smallest absolute Gasteiger partial charge is 0.281 e. The number of phenolic OH excluding ortho intramolecular Hbond substituents is 1. The van der Waals surface area contributed by atoms with Crippen molar-refractivity contribution in [3.05, 3.63) is 36.4 Å². The first-order valence-electron chi connectivity index (χ1n) is 6.70. The number of sulfonamides is 1. The van der Waals surface area contributed by atoms with Gasteiger partial charge in [0.25, 0.3) is 10.0 Å². The van der Waals surface area contributed by atoms with Gasteiger partial charge in [-0.2, -0.15) is 12.8 Å². The van der Waals surface area contributed by atoms with E-state index in [1.807, 2.05) is 6.08 Å². The summed E-state index contributed by atoms with van der Waals surface area (Å²) in [7, 11) is -3.66. The second-order valence-electron chi connectivity index (χ2n) is 4.69. The van der Waals surface area contributed by atoms with E-state index in [1.54, 1.807) is 0 Å². The summed E-state index contributed by atoms with van der Waals surface area (Å²) in [5, 5.41) is 9.12. The van der Waals surface area contributed by atoms with Crippen molar-refractivity contribution < 1.29 is 13.5 Å². The molecular formula is C15H21NO3S. The molecule has 0 aliphatic carbocycles. The van der Waals surface area contributed by atoms with E-state index in [0.29, 0.717) is 12.3 Å². The fourth-order valence-corrected chi connectivity index (χ4v) is 2.63. The van der Waals surface area contributed by atoms with Crippen molar-refractivity contribution >= 4 is 16.2 Å². The molecule has 1 aromatic rings. The van der Waals surface area contributed by atoms with Gasteiger partial charge in [-0.05, 0) is 36.6 Å². The molecular weight excluding hydrogens is 274 g/mol. The summed E-state index contributed by atoms with van der Waals surface area (Å²) in [6, 6.07) is 5.33. The van der Waals surface area contributed by atoms with Crippen molar-refractivity contribution in [3.63, 3.8) is 0 Å². The first kappa shape index (κ1) is 16.4. The summed E-state index contributed by atoms with van der Waals surface area (Å²) in [5.41, 5.74) is 0. The maximum absolute atomic E-state index is 11.8. The lowest BCUT2D eigenvalue weighted by molar-refractivity contribution is 0.475. The van der Waals surface area contributed by atoms with Crippen LogP contribution in [0.1, 0.15) is 33.1 Å². The summed E-state index contributed by atoms with van der Waals surface area (Å²) in [6.07, 6.45) is 8.13. The van der Waals surface area contributed by atoms with Crippen LogP contribution in [0.25, 0.3) is 0 Å². The highest BCUT2D eigenvalue weighted by Crippen LogP contribution is 2.16. The largest absolute Gasteiger partial charge is 0.508 e. The predicted molar refractivity (Wildman–Crippen MR) is 81.6 cm³/mol. The maximum Gasteiger partial charge on any atom is 0.281 e. The summed E-state index contributed by atoms with van der Waals surface area (Å²) < 4.78 is 27.3. The topological polar surface area (TPSA) is 66.7 Å². The molecule has 0 aromatic heterocycles. The van der Waals surface area contributed by atoms with Gasteiger partial charge in [0.05, 0.1) is 4.90 Å². The molecule has 0 fully saturated rings. The standard InChI is InChI=1S/C15H21NO3S/c1-3-6-13(2)7-4-5-12-16-20(18,19)15-10-8-14(17)9-11-15/h4,7-13,17H,3,5-6H2,1-2H3/b7-4-,16-12?. The average molecular weight is 295 g/mol. The van der Waals surface area contributed by atoms with E-state index in [-0.39, 0.29) is 10.6 Å². The SMILES string of the molecule is CCCC(C)/C=C\CC=NS(=O)(=O)c1ccc(O)cc1. The van der Waals surface area contributed by atoms with Crippen LogP contribution in [0.2, 0.25) is 0 Å². The molecule has 0 saturated carbocycles. The molecule has 4 nitrogen and oxygen atoms in total. The van der Waals surface area contributed by atoms with Crippen LogP contribution in [-0.2, 0) is 10.0 Å². The molecule has 0 aliphatic heterocycles. The number of nitrogens with zero attached hydrogens (tertiary/aromatic N) is 1. The van der Waals surface area contributed by atoms with E-state index in [9.17, 15) is 8.42 Å². The lowest BCUT2D eigenvalue weighted by atomic mass is 10.1. The van der Waals surface area contributed by atoms with E-state index >= 15 is 0 Å². The summed E-state index contributed by atoms with van der Waals surface area (Å²) in [4.78, 5) is 0.0786. The van der Waals surface area contributed by atoms with E-state index < -0.39 is 10.0 Å². The van der Waals surface area contributed by atoms with Crippen molar-refractivity contribution in [2.24, 2.45) is 10.3 Å². The van der Waals surface area contributed by atoms with E-state index in [0.717, 1.165) is 12.8 Å². The molecule has 0 spiro atoms. The van der Waals surface area contributed by atoms with Gasteiger partial charge in [0.1, 0.15) is 5.75 Å². The van der Waals surface area contributed by atoms with Crippen LogP contribution >= 0.6 is 0 Å². The molecule has 0 radical (unpaired) electrons. The molecule has 0 bridgehead atoms. The van der Waals surface area contributed by atoms with Crippen molar-refractivity contribution in [2.75, 3.05) is 0 Å². The lowest BCUT2D eigenvalue weighted by Gasteiger charge is -2.01. The summed E-state index contributed by atoms with van der Waals surface area (Å²) in [6.45, 7) is 4.26. The van der Waals surface area contributed by atoms with Gasteiger partial charge in [0.2, 0.25) is 0 Å². The third-order valence-corrected chi connectivity index (χ3v) is 4.09. The quantitative estimate of drug-likeness (QED) is 0.618. The maximum atomic E-state index is 11.8. The summed E-state index contributed by atoms with van der Waals surface area (Å²) in [5.74, 6) is 0.530. The molecule has 5 heteroatoms. The predicted octanol–water partition coefficient (Wildman–Crippen LogP) is 3.53. The Hall–Kier alpha value is -1.62. The van der Waals surface area contributed by atoms with Crippen molar-refractivity contribution in [2.45, 2.75) is 38.0 Å². The average Bonchev–Trinajstić information content (AvgIpc) is 2.39. The number of phenols is 1. The monoisotopic (exact) mass is 295 g/mol. The normalized spacial score (nSPS) is 14.1. The Labute approximate surface area is 120 Å². The Morgan fingerprint density at radius 3 is 2.55 bits per heavy atom. The number of hydrogen-bond donors (Lipinski definition) is 1. The molecule has 1 unspecified atom stereocenters. The highest BCUT2D eigenvalue weighted by Gasteiger charge is 2.10. The fourth-order valence-electron chi connectivity index (χ4n) is 1.74. The van der Waals surface area contributed by atoms with Crippen LogP contribution < -0.4 is 0 Å². The fraction of sp³-hybridized carbons (Fsp3) is 0.400.